The van der Waals surface area contributed by atoms with E-state index >= 15 is 0 Å². The van der Waals surface area contributed by atoms with Crippen LogP contribution in [0.5, 0.6) is 0 Å². The molecule has 7 nitrogen and oxygen atoms in total. The molecule has 0 aromatic carbocycles. The van der Waals surface area contributed by atoms with Gasteiger partial charge >= 0.3 is 0 Å². The van der Waals surface area contributed by atoms with Crippen molar-refractivity contribution in [2.75, 3.05) is 32.7 Å². The van der Waals surface area contributed by atoms with Crippen LogP contribution in [-0.4, -0.2) is 66.0 Å². The van der Waals surface area contributed by atoms with Crippen molar-refractivity contribution in [3.63, 3.8) is 0 Å². The van der Waals surface area contributed by atoms with E-state index in [1.807, 2.05) is 0 Å². The summed E-state index contributed by atoms with van der Waals surface area (Å²) in [7, 11) is 0. The first-order valence-electron chi connectivity index (χ1n) is 9.27. The summed E-state index contributed by atoms with van der Waals surface area (Å²) in [5.41, 5.74) is 0. The molecular formula is C21H31N3O4. The van der Waals surface area contributed by atoms with E-state index in [4.69, 9.17) is 0 Å². The van der Waals surface area contributed by atoms with Gasteiger partial charge in [0, 0.05) is 39.1 Å². The maximum absolute atomic E-state index is 12.1. The van der Waals surface area contributed by atoms with Crippen molar-refractivity contribution in [2.45, 2.75) is 25.7 Å². The minimum Gasteiger partial charge on any atom is -0.353 e. The Hall–Kier alpha value is -2.96. The number of nitrogens with one attached hydrogen (secondary N) is 1. The third-order valence-corrected chi connectivity index (χ3v) is 4.03. The summed E-state index contributed by atoms with van der Waals surface area (Å²) in [6, 6.07) is 0. The molecule has 0 saturated heterocycles. The molecule has 0 bridgehead atoms. The highest BCUT2D eigenvalue weighted by atomic mass is 16.2. The molecule has 0 rings (SSSR count). The second-order valence-electron chi connectivity index (χ2n) is 6.04. The number of unbranched alkanes of at least 4 members (excludes halogenated alkanes) is 1. The van der Waals surface area contributed by atoms with Crippen LogP contribution in [0.2, 0.25) is 0 Å². The van der Waals surface area contributed by atoms with Crippen LogP contribution in [0.25, 0.3) is 0 Å². The van der Waals surface area contributed by atoms with Gasteiger partial charge in [-0.15, -0.1) is 0 Å². The van der Waals surface area contributed by atoms with E-state index in [2.05, 4.69) is 31.6 Å². The number of carbonyl (C=O) groups is 4. The number of allylic oxidation sites excluding steroid dienone is 1. The second kappa shape index (κ2) is 15.1. The quantitative estimate of drug-likeness (QED) is 0.321. The Morgan fingerprint density at radius 2 is 1.21 bits per heavy atom. The highest BCUT2D eigenvalue weighted by Gasteiger charge is 2.15. The molecule has 0 fully saturated rings. The molecule has 0 atom stereocenters. The first-order valence-corrected chi connectivity index (χ1v) is 9.27. The molecule has 0 aliphatic rings. The Balaban J connectivity index is 4.60. The largest absolute Gasteiger partial charge is 0.353 e. The van der Waals surface area contributed by atoms with E-state index in [0.29, 0.717) is 58.4 Å². The number of hydrogen-bond donors (Lipinski definition) is 1. The Labute approximate surface area is 167 Å². The zero-order chi connectivity index (χ0) is 21.4. The Kier molecular flexibility index (Phi) is 13.5. The minimum atomic E-state index is -0.265. The molecule has 0 aromatic rings. The highest BCUT2D eigenvalue weighted by Crippen LogP contribution is 2.03. The SMILES string of the molecule is C=CC(=O)CCCCN(CCN(CCCNC(=O)C=C)C(=O)C=C)C(=O)C=C. The summed E-state index contributed by atoms with van der Waals surface area (Å²) in [4.78, 5) is 49.7. The summed E-state index contributed by atoms with van der Waals surface area (Å²) in [5, 5.41) is 2.65. The lowest BCUT2D eigenvalue weighted by Gasteiger charge is -2.27. The minimum absolute atomic E-state index is 0.0205. The Morgan fingerprint density at radius 3 is 1.68 bits per heavy atom. The van der Waals surface area contributed by atoms with Crippen LogP contribution < -0.4 is 5.32 Å². The molecule has 0 aliphatic carbocycles. The first-order chi connectivity index (χ1) is 13.4. The van der Waals surface area contributed by atoms with E-state index in [9.17, 15) is 19.2 Å². The Morgan fingerprint density at radius 1 is 0.679 bits per heavy atom. The van der Waals surface area contributed by atoms with Crippen molar-refractivity contribution >= 4 is 23.5 Å². The van der Waals surface area contributed by atoms with Gasteiger partial charge in [0.25, 0.3) is 0 Å². The van der Waals surface area contributed by atoms with Crippen LogP contribution in [0.3, 0.4) is 0 Å². The van der Waals surface area contributed by atoms with Gasteiger partial charge in [-0.3, -0.25) is 19.2 Å². The number of nitrogens with zero attached hydrogens (tertiary/aromatic N) is 2. The predicted molar refractivity (Wildman–Crippen MR) is 110 cm³/mol. The van der Waals surface area contributed by atoms with Crippen LogP contribution in [0.4, 0.5) is 0 Å². The van der Waals surface area contributed by atoms with Gasteiger partial charge < -0.3 is 15.1 Å². The van der Waals surface area contributed by atoms with Crippen molar-refractivity contribution in [1.29, 1.82) is 0 Å². The fraction of sp³-hybridized carbons (Fsp3) is 0.429. The third kappa shape index (κ3) is 10.9. The molecule has 7 heteroatoms. The molecule has 0 aromatic heterocycles. The van der Waals surface area contributed by atoms with Crippen molar-refractivity contribution in [1.82, 2.24) is 15.1 Å². The van der Waals surface area contributed by atoms with Crippen LogP contribution in [-0.2, 0) is 19.2 Å². The molecular weight excluding hydrogens is 358 g/mol. The van der Waals surface area contributed by atoms with Gasteiger partial charge in [-0.25, -0.2) is 0 Å². The van der Waals surface area contributed by atoms with Gasteiger partial charge in [-0.05, 0) is 43.6 Å². The molecule has 0 heterocycles. The van der Waals surface area contributed by atoms with Gasteiger partial charge in [0.15, 0.2) is 5.78 Å². The van der Waals surface area contributed by atoms with Gasteiger partial charge in [0.1, 0.15) is 0 Å². The van der Waals surface area contributed by atoms with E-state index in [1.54, 1.807) is 9.80 Å². The van der Waals surface area contributed by atoms with Crippen molar-refractivity contribution < 1.29 is 19.2 Å². The van der Waals surface area contributed by atoms with E-state index in [1.165, 1.54) is 24.3 Å². The van der Waals surface area contributed by atoms with Gasteiger partial charge in [0.05, 0.1) is 0 Å². The zero-order valence-electron chi connectivity index (χ0n) is 16.5. The lowest BCUT2D eigenvalue weighted by Crippen LogP contribution is -2.41. The summed E-state index contributed by atoms with van der Waals surface area (Å²) in [6.07, 6.45) is 7.24. The number of carbonyl (C=O) groups excluding carboxylic acids is 4. The lowest BCUT2D eigenvalue weighted by atomic mass is 10.1. The van der Waals surface area contributed by atoms with Gasteiger partial charge in [-0.1, -0.05) is 26.3 Å². The lowest BCUT2D eigenvalue weighted by molar-refractivity contribution is -0.130. The van der Waals surface area contributed by atoms with Crippen LogP contribution >= 0.6 is 0 Å². The fourth-order valence-electron chi connectivity index (χ4n) is 2.42. The topological polar surface area (TPSA) is 86.8 Å². The average Bonchev–Trinajstić information content (AvgIpc) is 2.72. The molecule has 154 valence electrons. The van der Waals surface area contributed by atoms with Crippen LogP contribution in [0.1, 0.15) is 25.7 Å². The smallest absolute Gasteiger partial charge is 0.246 e. The fourth-order valence-corrected chi connectivity index (χ4v) is 2.42. The molecule has 0 unspecified atom stereocenters. The standard InChI is InChI=1S/C21H31N3O4/c1-5-18(25)12-9-10-14-23(20(27)7-3)16-17-24(21(28)8-4)15-11-13-22-19(26)6-2/h5-8H,1-4,9-17H2,(H,22,26). The number of ketones is 1. The molecule has 1 N–H and O–H groups in total. The maximum atomic E-state index is 12.1. The normalized spacial score (nSPS) is 9.71. The highest BCUT2D eigenvalue weighted by molar-refractivity contribution is 5.89. The average molecular weight is 389 g/mol. The van der Waals surface area contributed by atoms with Crippen LogP contribution in [0, 0.1) is 0 Å². The summed E-state index contributed by atoms with van der Waals surface area (Å²) < 4.78 is 0. The van der Waals surface area contributed by atoms with Crippen molar-refractivity contribution in [2.24, 2.45) is 0 Å². The molecule has 0 radical (unpaired) electrons. The monoisotopic (exact) mass is 389 g/mol. The number of hydrogen-bond acceptors (Lipinski definition) is 4. The van der Waals surface area contributed by atoms with Gasteiger partial charge in [0.2, 0.25) is 17.7 Å². The van der Waals surface area contributed by atoms with Crippen LogP contribution in [0.15, 0.2) is 50.6 Å². The second-order valence-corrected chi connectivity index (χ2v) is 6.04. The Bertz CT molecular complexity index is 546. The summed E-state index contributed by atoms with van der Waals surface area (Å²) in [6.45, 7) is 15.8. The predicted octanol–water partition coefficient (Wildman–Crippen LogP) is 1.63. The molecule has 28 heavy (non-hydrogen) atoms. The van der Waals surface area contributed by atoms with Crippen molar-refractivity contribution in [3.05, 3.63) is 50.6 Å². The molecule has 3 amide bonds. The van der Waals surface area contributed by atoms with E-state index in [0.717, 1.165) is 0 Å². The summed E-state index contributed by atoms with van der Waals surface area (Å²) in [5.74, 6) is -0.746. The van der Waals surface area contributed by atoms with Crippen molar-refractivity contribution in [3.8, 4) is 0 Å². The maximum Gasteiger partial charge on any atom is 0.246 e. The number of amides is 3. The first kappa shape index (κ1) is 25.0. The molecule has 0 spiro atoms. The zero-order valence-corrected chi connectivity index (χ0v) is 16.5. The van der Waals surface area contributed by atoms with E-state index < -0.39 is 0 Å². The summed E-state index contributed by atoms with van der Waals surface area (Å²) >= 11 is 0. The number of rotatable bonds is 16. The third-order valence-electron chi connectivity index (χ3n) is 4.03. The van der Waals surface area contributed by atoms with E-state index in [-0.39, 0.29) is 23.5 Å². The van der Waals surface area contributed by atoms with Gasteiger partial charge in [-0.2, -0.15) is 0 Å². The molecule has 0 saturated carbocycles. The molecule has 0 aliphatic heterocycles.